The van der Waals surface area contributed by atoms with Gasteiger partial charge >= 0.3 is 5.97 Å². The van der Waals surface area contributed by atoms with Gasteiger partial charge in [-0.05, 0) is 41.5 Å². The van der Waals surface area contributed by atoms with E-state index in [1.807, 2.05) is 0 Å². The summed E-state index contributed by atoms with van der Waals surface area (Å²) in [5, 5.41) is 0.622. The standard InChI is InChI=1S/C11H12ClIO2/c12-10-5-3-9(4-6-10)11(14)15-8-2-1-7-13/h3-6H,1-2,7-8H2. The first-order valence-corrected chi connectivity index (χ1v) is 6.63. The molecule has 4 heteroatoms. The van der Waals surface area contributed by atoms with E-state index >= 15 is 0 Å². The summed E-state index contributed by atoms with van der Waals surface area (Å²) in [6.07, 6.45) is 2.00. The van der Waals surface area contributed by atoms with E-state index in [-0.39, 0.29) is 5.97 Å². The van der Waals surface area contributed by atoms with Crippen molar-refractivity contribution in [1.82, 2.24) is 0 Å². The molecule has 15 heavy (non-hydrogen) atoms. The molecule has 0 aliphatic rings. The number of ether oxygens (including phenoxy) is 1. The Labute approximate surface area is 108 Å². The van der Waals surface area contributed by atoms with Crippen LogP contribution >= 0.6 is 34.2 Å². The molecule has 0 aliphatic heterocycles. The Morgan fingerprint density at radius 3 is 2.53 bits per heavy atom. The topological polar surface area (TPSA) is 26.3 Å². The lowest BCUT2D eigenvalue weighted by molar-refractivity contribution is 0.0500. The highest BCUT2D eigenvalue weighted by atomic mass is 127. The molecular formula is C11H12ClIO2. The Hall–Kier alpha value is -0.290. The van der Waals surface area contributed by atoms with Gasteiger partial charge in [0.25, 0.3) is 0 Å². The highest BCUT2D eigenvalue weighted by Gasteiger charge is 2.05. The molecule has 0 bridgehead atoms. The molecule has 0 N–H and O–H groups in total. The van der Waals surface area contributed by atoms with Crippen molar-refractivity contribution in [3.8, 4) is 0 Å². The first kappa shape index (κ1) is 12.8. The molecule has 0 heterocycles. The van der Waals surface area contributed by atoms with E-state index in [2.05, 4.69) is 22.6 Å². The molecule has 1 aromatic carbocycles. The maximum atomic E-state index is 11.5. The van der Waals surface area contributed by atoms with Crippen LogP contribution in [-0.2, 0) is 4.74 Å². The van der Waals surface area contributed by atoms with Crippen molar-refractivity contribution in [2.45, 2.75) is 12.8 Å². The van der Waals surface area contributed by atoms with E-state index in [1.165, 1.54) is 0 Å². The monoisotopic (exact) mass is 338 g/mol. The average molecular weight is 339 g/mol. The Morgan fingerprint density at radius 2 is 1.93 bits per heavy atom. The summed E-state index contributed by atoms with van der Waals surface area (Å²) < 4.78 is 6.18. The Morgan fingerprint density at radius 1 is 1.27 bits per heavy atom. The van der Waals surface area contributed by atoms with Crippen molar-refractivity contribution in [3.63, 3.8) is 0 Å². The molecule has 0 aliphatic carbocycles. The van der Waals surface area contributed by atoms with Crippen molar-refractivity contribution in [1.29, 1.82) is 0 Å². The number of rotatable bonds is 5. The Kier molecular flexibility index (Phi) is 6.02. The van der Waals surface area contributed by atoms with Gasteiger partial charge in [-0.15, -0.1) is 0 Å². The smallest absolute Gasteiger partial charge is 0.338 e. The number of carbonyl (C=O) groups is 1. The fourth-order valence-electron chi connectivity index (χ4n) is 1.03. The zero-order valence-electron chi connectivity index (χ0n) is 8.21. The molecule has 1 rings (SSSR count). The molecule has 0 aromatic heterocycles. The fraction of sp³-hybridized carbons (Fsp3) is 0.364. The van der Waals surface area contributed by atoms with Crippen molar-refractivity contribution >= 4 is 40.2 Å². The molecule has 0 atom stereocenters. The van der Waals surface area contributed by atoms with Crippen LogP contribution in [0, 0.1) is 0 Å². The Balaban J connectivity index is 2.37. The van der Waals surface area contributed by atoms with Crippen LogP contribution in [0.3, 0.4) is 0 Å². The largest absolute Gasteiger partial charge is 0.462 e. The lowest BCUT2D eigenvalue weighted by Crippen LogP contribution is -2.06. The number of hydrogen-bond acceptors (Lipinski definition) is 2. The normalized spacial score (nSPS) is 10.0. The van der Waals surface area contributed by atoms with Crippen LogP contribution in [0.5, 0.6) is 0 Å². The SMILES string of the molecule is O=C(OCCCCI)c1ccc(Cl)cc1. The molecular weight excluding hydrogens is 326 g/mol. The third kappa shape index (κ3) is 4.84. The lowest BCUT2D eigenvalue weighted by Gasteiger charge is -2.03. The quantitative estimate of drug-likeness (QED) is 0.354. The number of carbonyl (C=O) groups excluding carboxylic acids is 1. The molecule has 0 saturated carbocycles. The van der Waals surface area contributed by atoms with Gasteiger partial charge in [0.2, 0.25) is 0 Å². The number of esters is 1. The number of unbranched alkanes of at least 4 members (excludes halogenated alkanes) is 1. The predicted octanol–water partition coefficient (Wildman–Crippen LogP) is 3.71. The fourth-order valence-corrected chi connectivity index (χ4v) is 1.70. The minimum absolute atomic E-state index is 0.278. The van der Waals surface area contributed by atoms with Gasteiger partial charge in [-0.25, -0.2) is 4.79 Å². The van der Waals surface area contributed by atoms with Crippen LogP contribution in [0.15, 0.2) is 24.3 Å². The van der Waals surface area contributed by atoms with Crippen molar-refractivity contribution in [2.75, 3.05) is 11.0 Å². The maximum Gasteiger partial charge on any atom is 0.338 e. The number of hydrogen-bond donors (Lipinski definition) is 0. The van der Waals surface area contributed by atoms with Crippen LogP contribution < -0.4 is 0 Å². The van der Waals surface area contributed by atoms with Crippen LogP contribution in [0.2, 0.25) is 5.02 Å². The second kappa shape index (κ2) is 7.06. The number of benzene rings is 1. The van der Waals surface area contributed by atoms with Gasteiger partial charge in [0.15, 0.2) is 0 Å². The minimum Gasteiger partial charge on any atom is -0.462 e. The lowest BCUT2D eigenvalue weighted by atomic mass is 10.2. The molecule has 82 valence electrons. The van der Waals surface area contributed by atoms with E-state index in [0.29, 0.717) is 17.2 Å². The molecule has 0 radical (unpaired) electrons. The minimum atomic E-state index is -0.278. The number of halogens is 2. The predicted molar refractivity (Wildman–Crippen MR) is 69.9 cm³/mol. The summed E-state index contributed by atoms with van der Waals surface area (Å²) in [7, 11) is 0. The third-order valence-corrected chi connectivity index (χ3v) is 2.86. The molecule has 1 aromatic rings. The van der Waals surface area contributed by atoms with Gasteiger partial charge in [0, 0.05) is 5.02 Å². The third-order valence-electron chi connectivity index (χ3n) is 1.84. The van der Waals surface area contributed by atoms with E-state index in [9.17, 15) is 4.79 Å². The van der Waals surface area contributed by atoms with E-state index < -0.39 is 0 Å². The van der Waals surface area contributed by atoms with Crippen LogP contribution in [-0.4, -0.2) is 17.0 Å². The van der Waals surface area contributed by atoms with Crippen LogP contribution in [0.4, 0.5) is 0 Å². The molecule has 0 unspecified atom stereocenters. The summed E-state index contributed by atoms with van der Waals surface area (Å²) in [6.45, 7) is 0.491. The van der Waals surface area contributed by atoms with E-state index in [4.69, 9.17) is 16.3 Å². The van der Waals surface area contributed by atoms with Crippen molar-refractivity contribution in [2.24, 2.45) is 0 Å². The zero-order valence-corrected chi connectivity index (χ0v) is 11.1. The molecule has 2 nitrogen and oxygen atoms in total. The first-order valence-electron chi connectivity index (χ1n) is 4.72. The number of alkyl halides is 1. The van der Waals surface area contributed by atoms with Crippen molar-refractivity contribution in [3.05, 3.63) is 34.9 Å². The molecule has 0 saturated heterocycles. The van der Waals surface area contributed by atoms with Gasteiger partial charge in [0.1, 0.15) is 0 Å². The first-order chi connectivity index (χ1) is 7.24. The zero-order chi connectivity index (χ0) is 11.1. The van der Waals surface area contributed by atoms with E-state index in [0.717, 1.165) is 17.3 Å². The van der Waals surface area contributed by atoms with Gasteiger partial charge in [-0.2, -0.15) is 0 Å². The Bertz CT molecular complexity index is 311. The van der Waals surface area contributed by atoms with Gasteiger partial charge < -0.3 is 4.74 Å². The average Bonchev–Trinajstić information content (AvgIpc) is 2.25. The summed E-state index contributed by atoms with van der Waals surface area (Å²) >= 11 is 8.01. The highest BCUT2D eigenvalue weighted by molar-refractivity contribution is 14.1. The summed E-state index contributed by atoms with van der Waals surface area (Å²) in [5.41, 5.74) is 0.550. The van der Waals surface area contributed by atoms with E-state index in [1.54, 1.807) is 24.3 Å². The summed E-state index contributed by atoms with van der Waals surface area (Å²) in [5.74, 6) is -0.278. The maximum absolute atomic E-state index is 11.5. The van der Waals surface area contributed by atoms with Gasteiger partial charge in [-0.1, -0.05) is 34.2 Å². The second-order valence-corrected chi connectivity index (χ2v) is 4.55. The van der Waals surface area contributed by atoms with Gasteiger partial charge in [-0.3, -0.25) is 0 Å². The molecule has 0 fully saturated rings. The second-order valence-electron chi connectivity index (χ2n) is 3.04. The molecule has 0 spiro atoms. The highest BCUT2D eigenvalue weighted by Crippen LogP contribution is 2.10. The summed E-state index contributed by atoms with van der Waals surface area (Å²) in [4.78, 5) is 11.5. The van der Waals surface area contributed by atoms with Crippen molar-refractivity contribution < 1.29 is 9.53 Å². The summed E-state index contributed by atoms with van der Waals surface area (Å²) in [6, 6.07) is 6.71. The molecule has 0 amide bonds. The van der Waals surface area contributed by atoms with Crippen LogP contribution in [0.25, 0.3) is 0 Å². The van der Waals surface area contributed by atoms with Crippen LogP contribution in [0.1, 0.15) is 23.2 Å². The van der Waals surface area contributed by atoms with Gasteiger partial charge in [0.05, 0.1) is 12.2 Å².